The number of Topliss-reactive ketones (excluding diaryl/α,β-unsaturated/α-hetero) is 8. The number of methoxy groups -OCH3 is 2. The van der Waals surface area contributed by atoms with Crippen molar-refractivity contribution >= 4 is 174 Å². The number of amides is 3. The molecule has 28 nitrogen and oxygen atoms in total. The van der Waals surface area contributed by atoms with Crippen LogP contribution in [0.3, 0.4) is 0 Å². The lowest BCUT2D eigenvalue weighted by molar-refractivity contribution is -0.146. The first-order chi connectivity index (χ1) is 68.9. The van der Waals surface area contributed by atoms with Crippen molar-refractivity contribution in [2.75, 3.05) is 50.1 Å². The number of esters is 2. The van der Waals surface area contributed by atoms with Crippen LogP contribution in [0.5, 0.6) is 57.5 Å². The molecule has 5 aliphatic rings. The molecule has 2 heterocycles. The summed E-state index contributed by atoms with van der Waals surface area (Å²) >= 11 is 22.4. The second kappa shape index (κ2) is 47.7. The second-order valence-electron chi connectivity index (χ2n) is 36.2. The fourth-order valence-electron chi connectivity index (χ4n) is 18.6. The van der Waals surface area contributed by atoms with Gasteiger partial charge in [0.15, 0.2) is 46.1 Å². The number of anilines is 3. The van der Waals surface area contributed by atoms with E-state index < -0.39 is 129 Å². The summed E-state index contributed by atoms with van der Waals surface area (Å²) in [5, 5.41) is 3.83. The van der Waals surface area contributed by atoms with Crippen LogP contribution in [0.2, 0.25) is 15.1 Å². The lowest BCUT2D eigenvalue weighted by Gasteiger charge is -2.31. The van der Waals surface area contributed by atoms with Gasteiger partial charge in [-0.1, -0.05) is 46.9 Å². The maximum atomic E-state index is 13.9. The summed E-state index contributed by atoms with van der Waals surface area (Å²) in [6, 6.07) is 49.5. The number of nitrogens with zero attached hydrogens (tertiary/aromatic N) is 3. The third kappa shape index (κ3) is 25.5. The van der Waals surface area contributed by atoms with Crippen molar-refractivity contribution in [1.82, 2.24) is 0 Å². The average molecular weight is 2040 g/mol. The maximum absolute atomic E-state index is 13.9. The van der Waals surface area contributed by atoms with Gasteiger partial charge in [-0.3, -0.25) is 101 Å². The SMILES string of the molecule is COc1ccc(N(C)C(=O)c2ccc(OOc3ccc(N(C)C(=O)c4ccc(OOc5ccc(N(C)C(=O)c6ccc(OC(=O)C7CCC(C(=O)C(=O)C8CCC(C(=O)C(=O)C9CCC(C(=O)C(=O)C%10CCC(C(=O)C(=O)C%11CCC(C(=O)Oc%12ccc(OOc%13ccc(OC)cc%13/C=C/C(=O)c%13cccs%13)cc%12/C=C/C(=O)c%12cccs%12)CC%11)CC%10)CC9)CC8)CC7)cc6Cl)cc5)cc4Cl)cc3)cc2Cl)cc1. The number of benzene rings is 8. The molecule has 5 saturated carbocycles. The predicted molar refractivity (Wildman–Crippen MR) is 536 cm³/mol. The highest BCUT2D eigenvalue weighted by Gasteiger charge is 2.45. The number of carbonyl (C=O) groups is 15. The molecule has 0 spiro atoms. The Morgan fingerprint density at radius 1 is 0.280 bits per heavy atom. The van der Waals surface area contributed by atoms with Crippen LogP contribution in [0.25, 0.3) is 12.2 Å². The van der Waals surface area contributed by atoms with Gasteiger partial charge in [0.05, 0.1) is 67.6 Å². The van der Waals surface area contributed by atoms with Gasteiger partial charge < -0.3 is 33.6 Å². The molecule has 3 amide bonds. The summed E-state index contributed by atoms with van der Waals surface area (Å²) in [7, 11) is 7.82. The number of carbonyl (C=O) groups excluding carboxylic acids is 15. The quantitative estimate of drug-likeness (QED) is 0.00657. The summed E-state index contributed by atoms with van der Waals surface area (Å²) in [4.78, 5) is 243. The summed E-state index contributed by atoms with van der Waals surface area (Å²) in [6.45, 7) is 0. The fraction of sp³-hybridized carbons (Fsp3) is 0.318. The van der Waals surface area contributed by atoms with Gasteiger partial charge in [0.2, 0.25) is 46.3 Å². The van der Waals surface area contributed by atoms with E-state index in [0.717, 1.165) is 0 Å². The monoisotopic (exact) mass is 2030 g/mol. The number of allylic oxidation sites excluding steroid dienone is 2. The molecule has 8 aromatic carbocycles. The Balaban J connectivity index is 0.433. The molecule has 5 aliphatic carbocycles. The molecule has 15 rings (SSSR count). The summed E-state index contributed by atoms with van der Waals surface area (Å²) in [5.74, 6) is -10.4. The van der Waals surface area contributed by atoms with E-state index in [1.807, 2.05) is 5.38 Å². The zero-order valence-electron chi connectivity index (χ0n) is 78.8. The third-order valence-electron chi connectivity index (χ3n) is 27.3. The molecule has 5 fully saturated rings. The Bertz CT molecular complexity index is 6520. The van der Waals surface area contributed by atoms with E-state index in [-0.39, 0.29) is 218 Å². The van der Waals surface area contributed by atoms with E-state index in [4.69, 9.17) is 83.1 Å². The van der Waals surface area contributed by atoms with Gasteiger partial charge in [-0.15, -0.1) is 22.7 Å². The Kier molecular flexibility index (Phi) is 34.5. The van der Waals surface area contributed by atoms with Crippen molar-refractivity contribution in [3.63, 3.8) is 0 Å². The zero-order chi connectivity index (χ0) is 101. The lowest BCUT2D eigenvalue weighted by atomic mass is 9.70. The summed E-state index contributed by atoms with van der Waals surface area (Å²) in [6.07, 6.45) is 11.0. The first-order valence-corrected chi connectivity index (χ1v) is 50.0. The van der Waals surface area contributed by atoms with E-state index in [0.29, 0.717) is 55.2 Å². The minimum Gasteiger partial charge on any atom is -0.497 e. The number of hydrogen-bond donors (Lipinski definition) is 0. The standard InChI is InChI=1S/C110H102Cl3N3O25S2/c1-114(75-32-38-78(132-4)39-33-75)107(128)87-50-45-84(61-90(87)112)138-137-80-42-36-77(37-43-80)116(3)108(129)88-51-46-85(62-91(88)113)139-136-79-40-34-76(35-41-79)115(2)106(127)86-49-44-82(60-89(86)111)134-109(130)71-26-22-69(23-27-71)104(125)102(123)67-18-14-65(15-19-67)100(121)98(119)63-10-12-64(13-11-63)99(120)101(122)66-16-20-68(21-17-66)103(124)105(126)70-24-28-72(29-25-70)110(131)135-94-54-48-83(59-73(94)30-52-92(117)96-8-6-56-142-96)140-141-95-55-47-81(133-5)58-74(95)31-53-93(118)97-9-7-57-143-97/h6-9,30-72H,10-29H2,1-5H3/b52-30+,53-31+. The molecule has 33 heteroatoms. The van der Waals surface area contributed by atoms with Crippen molar-refractivity contribution in [3.8, 4) is 57.5 Å². The molecular weight excluding hydrogens is 1930 g/mol. The van der Waals surface area contributed by atoms with Crippen LogP contribution in [0, 0.1) is 59.2 Å². The van der Waals surface area contributed by atoms with E-state index in [1.54, 1.807) is 161 Å². The molecule has 2 aromatic heterocycles. The maximum Gasteiger partial charge on any atom is 0.314 e. The highest BCUT2D eigenvalue weighted by atomic mass is 35.5. The summed E-state index contributed by atoms with van der Waals surface area (Å²) in [5.41, 5.74) is 2.94. The molecule has 0 radical (unpaired) electrons. The lowest BCUT2D eigenvalue weighted by Crippen LogP contribution is -2.39. The number of hydrogen-bond acceptors (Lipinski definition) is 27. The highest BCUT2D eigenvalue weighted by molar-refractivity contribution is 7.12. The minimum atomic E-state index is -0.629. The molecule has 0 atom stereocenters. The van der Waals surface area contributed by atoms with E-state index in [1.165, 1.54) is 129 Å². The molecule has 0 aliphatic heterocycles. The first-order valence-electron chi connectivity index (χ1n) is 47.1. The van der Waals surface area contributed by atoms with Crippen LogP contribution in [0.1, 0.15) is 190 Å². The molecule has 0 bridgehead atoms. The van der Waals surface area contributed by atoms with Crippen LogP contribution >= 0.6 is 57.5 Å². The smallest absolute Gasteiger partial charge is 0.314 e. The van der Waals surface area contributed by atoms with Crippen LogP contribution < -0.4 is 63.0 Å². The predicted octanol–water partition coefficient (Wildman–Crippen LogP) is 21.6. The topological polar surface area (TPSA) is 358 Å². The number of ether oxygens (including phenoxy) is 4. The largest absolute Gasteiger partial charge is 0.497 e. The van der Waals surface area contributed by atoms with Crippen LogP contribution in [0.4, 0.5) is 17.1 Å². The van der Waals surface area contributed by atoms with E-state index in [9.17, 15) is 71.9 Å². The Hall–Kier alpha value is -14.0. The average Bonchev–Trinajstić information content (AvgIpc) is 1.18. The van der Waals surface area contributed by atoms with Crippen molar-refractivity contribution in [2.24, 2.45) is 59.2 Å². The summed E-state index contributed by atoms with van der Waals surface area (Å²) < 4.78 is 22.3. The minimum absolute atomic E-state index is 0.0148. The normalized spacial score (nSPS) is 19.4. The van der Waals surface area contributed by atoms with Crippen LogP contribution in [-0.2, 0) is 47.9 Å². The number of thiophene rings is 2. The Morgan fingerprint density at radius 2 is 0.538 bits per heavy atom. The number of ketones is 10. The molecule has 740 valence electrons. The van der Waals surface area contributed by atoms with Gasteiger partial charge >= 0.3 is 11.9 Å². The van der Waals surface area contributed by atoms with Crippen molar-refractivity contribution in [2.45, 2.75) is 128 Å². The van der Waals surface area contributed by atoms with Crippen LogP contribution in [0.15, 0.2) is 211 Å². The molecule has 0 N–H and O–H groups in total. The number of rotatable bonds is 39. The van der Waals surface area contributed by atoms with Gasteiger partial charge in [-0.05, 0) is 321 Å². The molecule has 0 saturated heterocycles. The zero-order valence-corrected chi connectivity index (χ0v) is 82.7. The molecular formula is C110H102Cl3N3O25S2. The van der Waals surface area contributed by atoms with Gasteiger partial charge in [0.1, 0.15) is 23.0 Å². The van der Waals surface area contributed by atoms with Crippen LogP contribution in [-0.4, -0.2) is 123 Å². The molecule has 143 heavy (non-hydrogen) atoms. The van der Waals surface area contributed by atoms with Crippen molar-refractivity contribution < 1.29 is 120 Å². The molecule has 0 unspecified atom stereocenters. The van der Waals surface area contributed by atoms with Gasteiger partial charge in [-0.2, -0.15) is 0 Å². The van der Waals surface area contributed by atoms with E-state index in [2.05, 4.69) is 0 Å². The second-order valence-corrected chi connectivity index (χ2v) is 39.3. The Morgan fingerprint density at radius 3 is 0.867 bits per heavy atom. The highest BCUT2D eigenvalue weighted by Crippen LogP contribution is 2.43. The van der Waals surface area contributed by atoms with Crippen molar-refractivity contribution in [1.29, 1.82) is 0 Å². The van der Waals surface area contributed by atoms with Gasteiger partial charge in [0.25, 0.3) is 17.7 Å². The van der Waals surface area contributed by atoms with Gasteiger partial charge in [-0.25, -0.2) is 0 Å². The van der Waals surface area contributed by atoms with E-state index >= 15 is 0 Å². The number of halogens is 3. The fourth-order valence-corrected chi connectivity index (χ4v) is 20.7. The Labute approximate surface area is 847 Å². The third-order valence-corrected chi connectivity index (χ3v) is 30.0. The van der Waals surface area contributed by atoms with Gasteiger partial charge in [0, 0.05) is 115 Å². The van der Waals surface area contributed by atoms with Crippen molar-refractivity contribution in [3.05, 3.63) is 264 Å². The molecule has 10 aromatic rings. The first kappa shape index (κ1) is 103.